The van der Waals surface area contributed by atoms with Gasteiger partial charge in [0, 0.05) is 31.7 Å². The van der Waals surface area contributed by atoms with E-state index in [1.807, 2.05) is 59.5 Å². The summed E-state index contributed by atoms with van der Waals surface area (Å²) in [6.07, 6.45) is 3.27. The Balaban J connectivity index is 1.22. The van der Waals surface area contributed by atoms with Gasteiger partial charge in [-0.3, -0.25) is 9.59 Å². The van der Waals surface area contributed by atoms with Gasteiger partial charge in [0.2, 0.25) is 5.91 Å². The second kappa shape index (κ2) is 9.96. The third kappa shape index (κ3) is 5.44. The number of nitrogens with zero attached hydrogens (tertiary/aromatic N) is 2. The van der Waals surface area contributed by atoms with E-state index in [1.165, 1.54) is 0 Å². The van der Waals surface area contributed by atoms with Crippen LogP contribution in [0.5, 0.6) is 5.75 Å². The molecule has 2 aliphatic heterocycles. The summed E-state index contributed by atoms with van der Waals surface area (Å²) >= 11 is 0. The number of piperidine rings is 1. The maximum absolute atomic E-state index is 12.4. The molecule has 0 saturated carbocycles. The van der Waals surface area contributed by atoms with Crippen LogP contribution in [-0.2, 0) is 16.0 Å². The minimum absolute atomic E-state index is 0.0200. The zero-order valence-corrected chi connectivity index (χ0v) is 18.1. The molecule has 31 heavy (non-hydrogen) atoms. The van der Waals surface area contributed by atoms with Crippen molar-refractivity contribution in [3.63, 3.8) is 0 Å². The number of hydrogen-bond acceptors (Lipinski definition) is 4. The fourth-order valence-electron chi connectivity index (χ4n) is 4.57. The Morgan fingerprint density at radius 2 is 1.87 bits per heavy atom. The molecule has 0 radical (unpaired) electrons. The van der Waals surface area contributed by atoms with Crippen LogP contribution < -0.4 is 15.0 Å². The minimum Gasteiger partial charge on any atom is -0.482 e. The third-order valence-corrected chi connectivity index (χ3v) is 6.22. The Hall–Kier alpha value is -2.86. The fourth-order valence-corrected chi connectivity index (χ4v) is 4.57. The first kappa shape index (κ1) is 21.4. The standard InChI is InChI=1S/C25H31N3O3/c1-19-16-21(26-24(29)17-20-8-3-2-4-9-20)12-15-27(19)13-7-14-28-22-10-5-6-11-23(22)31-18-25(28)30/h2-6,8-11,19,21H,7,12-18H2,1H3,(H,26,29). The van der Waals surface area contributed by atoms with E-state index in [0.717, 1.165) is 49.4 Å². The number of fused-ring (bicyclic) bond motifs is 1. The second-order valence-electron chi connectivity index (χ2n) is 8.49. The van der Waals surface area contributed by atoms with Crippen LogP contribution in [0, 0.1) is 0 Å². The lowest BCUT2D eigenvalue weighted by Gasteiger charge is -2.38. The predicted molar refractivity (Wildman–Crippen MR) is 121 cm³/mol. The van der Waals surface area contributed by atoms with E-state index < -0.39 is 0 Å². The summed E-state index contributed by atoms with van der Waals surface area (Å²) in [6, 6.07) is 18.2. The summed E-state index contributed by atoms with van der Waals surface area (Å²) in [5, 5.41) is 3.21. The first-order valence-corrected chi connectivity index (χ1v) is 11.2. The average Bonchev–Trinajstić information content (AvgIpc) is 2.77. The van der Waals surface area contributed by atoms with Gasteiger partial charge < -0.3 is 19.9 Å². The number of nitrogens with one attached hydrogen (secondary N) is 1. The highest BCUT2D eigenvalue weighted by Crippen LogP contribution is 2.31. The van der Waals surface area contributed by atoms with E-state index in [1.54, 1.807) is 0 Å². The number of carbonyl (C=O) groups is 2. The number of likely N-dealkylation sites (tertiary alicyclic amines) is 1. The van der Waals surface area contributed by atoms with Gasteiger partial charge in [-0.15, -0.1) is 0 Å². The Morgan fingerprint density at radius 1 is 1.10 bits per heavy atom. The van der Waals surface area contributed by atoms with Crippen molar-refractivity contribution in [2.45, 2.75) is 44.7 Å². The number of hydrogen-bond donors (Lipinski definition) is 1. The van der Waals surface area contributed by atoms with Gasteiger partial charge >= 0.3 is 0 Å². The molecule has 2 aliphatic rings. The number of rotatable bonds is 7. The summed E-state index contributed by atoms with van der Waals surface area (Å²) in [5.41, 5.74) is 1.91. The molecule has 2 unspecified atom stereocenters. The normalized spacial score (nSPS) is 21.3. The Bertz CT molecular complexity index is 902. The van der Waals surface area contributed by atoms with Crippen molar-refractivity contribution in [1.82, 2.24) is 10.2 Å². The number of ether oxygens (including phenoxy) is 1. The third-order valence-electron chi connectivity index (χ3n) is 6.22. The average molecular weight is 422 g/mol. The molecule has 0 aromatic heterocycles. The molecular formula is C25H31N3O3. The molecule has 1 N–H and O–H groups in total. The maximum atomic E-state index is 12.4. The van der Waals surface area contributed by atoms with Crippen molar-refractivity contribution in [2.75, 3.05) is 31.1 Å². The van der Waals surface area contributed by atoms with E-state index in [9.17, 15) is 9.59 Å². The second-order valence-corrected chi connectivity index (χ2v) is 8.49. The van der Waals surface area contributed by atoms with Crippen molar-refractivity contribution >= 4 is 17.5 Å². The van der Waals surface area contributed by atoms with Crippen LogP contribution in [0.15, 0.2) is 54.6 Å². The highest BCUT2D eigenvalue weighted by atomic mass is 16.5. The molecule has 6 nitrogen and oxygen atoms in total. The molecule has 0 aliphatic carbocycles. The zero-order chi connectivity index (χ0) is 21.6. The van der Waals surface area contributed by atoms with Crippen molar-refractivity contribution < 1.29 is 14.3 Å². The lowest BCUT2D eigenvalue weighted by molar-refractivity contribution is -0.122. The molecule has 1 saturated heterocycles. The van der Waals surface area contributed by atoms with Gasteiger partial charge in [-0.1, -0.05) is 42.5 Å². The molecule has 2 amide bonds. The van der Waals surface area contributed by atoms with Crippen LogP contribution in [-0.4, -0.2) is 55.0 Å². The predicted octanol–water partition coefficient (Wildman–Crippen LogP) is 3.01. The van der Waals surface area contributed by atoms with Gasteiger partial charge in [-0.05, 0) is 43.9 Å². The molecule has 4 rings (SSSR count). The first-order chi connectivity index (χ1) is 15.1. The molecule has 2 atom stereocenters. The molecule has 2 aromatic carbocycles. The molecule has 164 valence electrons. The topological polar surface area (TPSA) is 61.9 Å². The van der Waals surface area contributed by atoms with Crippen LogP contribution >= 0.6 is 0 Å². The maximum Gasteiger partial charge on any atom is 0.265 e. The number of amides is 2. The van der Waals surface area contributed by atoms with Crippen molar-refractivity contribution in [3.8, 4) is 5.75 Å². The number of anilines is 1. The molecule has 0 bridgehead atoms. The monoisotopic (exact) mass is 421 g/mol. The van der Waals surface area contributed by atoms with Gasteiger partial charge in [0.1, 0.15) is 5.75 Å². The molecule has 1 fully saturated rings. The molecule has 2 aromatic rings. The van der Waals surface area contributed by atoms with E-state index in [2.05, 4.69) is 17.1 Å². The lowest BCUT2D eigenvalue weighted by atomic mass is 9.97. The Labute approximate surface area is 184 Å². The van der Waals surface area contributed by atoms with Crippen LogP contribution in [0.3, 0.4) is 0 Å². The zero-order valence-electron chi connectivity index (χ0n) is 18.1. The van der Waals surface area contributed by atoms with E-state index in [0.29, 0.717) is 19.0 Å². The highest BCUT2D eigenvalue weighted by molar-refractivity contribution is 5.97. The Morgan fingerprint density at radius 3 is 2.68 bits per heavy atom. The molecule has 0 spiro atoms. The molecule has 6 heteroatoms. The number of benzene rings is 2. The van der Waals surface area contributed by atoms with Crippen molar-refractivity contribution in [2.24, 2.45) is 0 Å². The van der Waals surface area contributed by atoms with Crippen molar-refractivity contribution in [1.29, 1.82) is 0 Å². The smallest absolute Gasteiger partial charge is 0.265 e. The SMILES string of the molecule is CC1CC(NC(=O)Cc2ccccc2)CCN1CCCN1C(=O)COc2ccccc21. The van der Waals surface area contributed by atoms with E-state index in [4.69, 9.17) is 4.74 Å². The lowest BCUT2D eigenvalue weighted by Crippen LogP contribution is -2.49. The molecular weight excluding hydrogens is 390 g/mol. The van der Waals surface area contributed by atoms with Gasteiger partial charge in [0.05, 0.1) is 12.1 Å². The van der Waals surface area contributed by atoms with Gasteiger partial charge in [0.25, 0.3) is 5.91 Å². The molecule has 2 heterocycles. The summed E-state index contributed by atoms with van der Waals surface area (Å²) in [4.78, 5) is 29.0. The van der Waals surface area contributed by atoms with Gasteiger partial charge in [-0.2, -0.15) is 0 Å². The summed E-state index contributed by atoms with van der Waals surface area (Å²) in [5.74, 6) is 0.899. The summed E-state index contributed by atoms with van der Waals surface area (Å²) < 4.78 is 5.52. The summed E-state index contributed by atoms with van der Waals surface area (Å²) in [7, 11) is 0. The van der Waals surface area contributed by atoms with Crippen molar-refractivity contribution in [3.05, 3.63) is 60.2 Å². The fraction of sp³-hybridized carbons (Fsp3) is 0.440. The van der Waals surface area contributed by atoms with Crippen LogP contribution in [0.4, 0.5) is 5.69 Å². The number of para-hydroxylation sites is 2. The van der Waals surface area contributed by atoms with Gasteiger partial charge in [0.15, 0.2) is 6.61 Å². The van der Waals surface area contributed by atoms with Crippen LogP contribution in [0.2, 0.25) is 0 Å². The number of carbonyl (C=O) groups excluding carboxylic acids is 2. The Kier molecular flexibility index (Phi) is 6.87. The van der Waals surface area contributed by atoms with Crippen LogP contribution in [0.1, 0.15) is 31.7 Å². The minimum atomic E-state index is 0.0200. The van der Waals surface area contributed by atoms with E-state index >= 15 is 0 Å². The highest BCUT2D eigenvalue weighted by Gasteiger charge is 2.28. The largest absolute Gasteiger partial charge is 0.482 e. The van der Waals surface area contributed by atoms with Gasteiger partial charge in [-0.25, -0.2) is 0 Å². The van der Waals surface area contributed by atoms with E-state index in [-0.39, 0.29) is 24.5 Å². The summed E-state index contributed by atoms with van der Waals surface area (Å²) in [6.45, 7) is 4.94. The van der Waals surface area contributed by atoms with Crippen LogP contribution in [0.25, 0.3) is 0 Å². The quantitative estimate of drug-likeness (QED) is 0.747. The first-order valence-electron chi connectivity index (χ1n) is 11.2.